The van der Waals surface area contributed by atoms with Crippen molar-refractivity contribution >= 4 is 25.1 Å². The third kappa shape index (κ3) is 5.04. The molecule has 9 heteroatoms. The van der Waals surface area contributed by atoms with Crippen molar-refractivity contribution in [3.8, 4) is 0 Å². The number of nitrogens with zero attached hydrogens (tertiary/aromatic N) is 2. The maximum absolute atomic E-state index is 12.6. The zero-order valence-electron chi connectivity index (χ0n) is 14.5. The number of para-hydroxylation sites is 1. The number of hydrogen-bond donors (Lipinski definition) is 4. The zero-order valence-corrected chi connectivity index (χ0v) is 15.4. The molecule has 0 bridgehead atoms. The largest absolute Gasteiger partial charge is 0.386 e. The van der Waals surface area contributed by atoms with Crippen molar-refractivity contribution in [1.82, 2.24) is 10.2 Å². The van der Waals surface area contributed by atoms with E-state index in [0.29, 0.717) is 25.2 Å². The number of aliphatic imine (C=N–C) groups is 1. The van der Waals surface area contributed by atoms with Gasteiger partial charge in [0, 0.05) is 18.3 Å². The van der Waals surface area contributed by atoms with Gasteiger partial charge in [-0.1, -0.05) is 18.2 Å². The molecule has 2 rings (SSSR count). The Morgan fingerprint density at radius 3 is 2.72 bits per heavy atom. The summed E-state index contributed by atoms with van der Waals surface area (Å²) in [5, 5.41) is 2.80. The van der Waals surface area contributed by atoms with Crippen molar-refractivity contribution in [3.05, 3.63) is 29.8 Å². The highest BCUT2D eigenvalue weighted by Gasteiger charge is 2.36. The van der Waals surface area contributed by atoms with Crippen LogP contribution in [0.25, 0.3) is 0 Å². The lowest BCUT2D eigenvalue weighted by atomic mass is 9.91. The van der Waals surface area contributed by atoms with E-state index < -0.39 is 13.1 Å². The van der Waals surface area contributed by atoms with Gasteiger partial charge in [-0.2, -0.15) is 0 Å². The van der Waals surface area contributed by atoms with Gasteiger partial charge in [0.2, 0.25) is 0 Å². The van der Waals surface area contributed by atoms with Crippen LogP contribution in [0.1, 0.15) is 32.3 Å². The second-order valence-corrected chi connectivity index (χ2v) is 8.37. The van der Waals surface area contributed by atoms with E-state index in [1.54, 1.807) is 4.90 Å². The fourth-order valence-corrected chi connectivity index (χ4v) is 3.48. The van der Waals surface area contributed by atoms with Gasteiger partial charge < -0.3 is 25.7 Å². The van der Waals surface area contributed by atoms with Gasteiger partial charge in [0.15, 0.2) is 0 Å². The van der Waals surface area contributed by atoms with Crippen LogP contribution in [0.4, 0.5) is 10.5 Å². The number of carbonyl (C=O) groups excluding carboxylic acids is 1. The van der Waals surface area contributed by atoms with Crippen LogP contribution in [0, 0.1) is 0 Å². The zero-order chi connectivity index (χ0) is 18.7. The number of carbonyl (C=O) groups is 1. The molecule has 0 atom stereocenters. The van der Waals surface area contributed by atoms with Gasteiger partial charge in [0.25, 0.3) is 0 Å². The van der Waals surface area contributed by atoms with Crippen molar-refractivity contribution < 1.29 is 19.1 Å². The van der Waals surface area contributed by atoms with Gasteiger partial charge in [-0.15, -0.1) is 0 Å². The maximum Gasteiger partial charge on any atom is 0.325 e. The second kappa shape index (κ2) is 7.56. The van der Waals surface area contributed by atoms with Gasteiger partial charge in [-0.05, 0) is 32.8 Å². The summed E-state index contributed by atoms with van der Waals surface area (Å²) in [6.07, 6.45) is 0.663. The highest BCUT2D eigenvalue weighted by molar-refractivity contribution is 7.51. The predicted octanol–water partition coefficient (Wildman–Crippen LogP) is 1.89. The van der Waals surface area contributed by atoms with Crippen molar-refractivity contribution in [3.63, 3.8) is 0 Å². The smallest absolute Gasteiger partial charge is 0.325 e. The molecule has 2 amide bonds. The van der Waals surface area contributed by atoms with Crippen LogP contribution in [0.15, 0.2) is 29.3 Å². The average Bonchev–Trinajstić information content (AvgIpc) is 2.60. The molecule has 1 aromatic rings. The molecule has 0 aromatic heterocycles. The topological polar surface area (TPSA) is 128 Å². The number of hydrogen-bond acceptors (Lipinski definition) is 4. The average molecular weight is 368 g/mol. The molecule has 0 unspecified atom stereocenters. The molecule has 1 aliphatic heterocycles. The van der Waals surface area contributed by atoms with Gasteiger partial charge in [-0.25, -0.2) is 9.79 Å². The van der Waals surface area contributed by atoms with Crippen molar-refractivity contribution in [1.29, 1.82) is 0 Å². The number of nitrogens with one attached hydrogen (secondary N) is 1. The predicted molar refractivity (Wildman–Crippen MR) is 97.0 cm³/mol. The molecule has 0 saturated carbocycles. The van der Waals surface area contributed by atoms with E-state index in [2.05, 4.69) is 10.3 Å². The molecule has 0 spiro atoms. The first-order chi connectivity index (χ1) is 11.6. The van der Waals surface area contributed by atoms with E-state index in [0.717, 1.165) is 11.3 Å². The minimum atomic E-state index is -3.98. The van der Waals surface area contributed by atoms with E-state index in [1.165, 1.54) is 0 Å². The molecule has 25 heavy (non-hydrogen) atoms. The Morgan fingerprint density at radius 2 is 2.04 bits per heavy atom. The summed E-state index contributed by atoms with van der Waals surface area (Å²) in [6, 6.07) is 7.29. The van der Waals surface area contributed by atoms with E-state index in [-0.39, 0.29) is 18.7 Å². The standard InChI is InChI=1S/C16H25N4O4P/c1-16(2)12-7-3-4-8-13(12)19-14(17)11-20(16)15(21)18-9-5-6-10-25(22,23)24/h3-4,7-8H,5-6,9-11H2,1-2H3,(H2,17,19)(H,18,21)(H2,22,23,24). The Hall–Kier alpha value is -1.89. The monoisotopic (exact) mass is 368 g/mol. The van der Waals surface area contributed by atoms with E-state index in [9.17, 15) is 9.36 Å². The summed E-state index contributed by atoms with van der Waals surface area (Å²) >= 11 is 0. The second-order valence-electron chi connectivity index (χ2n) is 6.59. The molecule has 138 valence electrons. The van der Waals surface area contributed by atoms with Crippen LogP contribution in [0.2, 0.25) is 0 Å². The van der Waals surface area contributed by atoms with Crippen LogP contribution in [-0.4, -0.2) is 45.8 Å². The number of nitrogens with two attached hydrogens (primary N) is 1. The molecule has 1 heterocycles. The highest BCUT2D eigenvalue weighted by Crippen LogP contribution is 2.37. The van der Waals surface area contributed by atoms with Crippen molar-refractivity contribution in [2.75, 3.05) is 19.3 Å². The Balaban J connectivity index is 2.04. The van der Waals surface area contributed by atoms with Crippen molar-refractivity contribution in [2.45, 2.75) is 32.2 Å². The number of amides is 2. The number of urea groups is 1. The number of unbranched alkanes of at least 4 members (excludes halogenated alkanes) is 1. The third-order valence-corrected chi connectivity index (χ3v) is 5.12. The Bertz CT molecular complexity index is 714. The van der Waals surface area contributed by atoms with Gasteiger partial charge in [-0.3, -0.25) is 4.57 Å². The highest BCUT2D eigenvalue weighted by atomic mass is 31.2. The first-order valence-electron chi connectivity index (χ1n) is 8.14. The SMILES string of the molecule is CC1(C)c2ccccc2N=C(N)CN1C(=O)NCCCCP(=O)(O)O. The van der Waals surface area contributed by atoms with Gasteiger partial charge >= 0.3 is 13.6 Å². The molecule has 5 N–H and O–H groups in total. The minimum Gasteiger partial charge on any atom is -0.386 e. The Kier molecular flexibility index (Phi) is 5.87. The van der Waals surface area contributed by atoms with Crippen LogP contribution >= 0.6 is 7.60 Å². The molecule has 0 radical (unpaired) electrons. The van der Waals surface area contributed by atoms with Crippen LogP contribution in [-0.2, 0) is 10.1 Å². The molecule has 8 nitrogen and oxygen atoms in total. The summed E-state index contributed by atoms with van der Waals surface area (Å²) < 4.78 is 10.8. The number of amidine groups is 1. The Morgan fingerprint density at radius 1 is 1.36 bits per heavy atom. The number of rotatable bonds is 5. The lowest BCUT2D eigenvalue weighted by molar-refractivity contribution is 0.148. The summed E-state index contributed by atoms with van der Waals surface area (Å²) in [5.74, 6) is 0.356. The first kappa shape index (κ1) is 19.4. The van der Waals surface area contributed by atoms with Crippen LogP contribution in [0.5, 0.6) is 0 Å². The summed E-state index contributed by atoms with van der Waals surface area (Å²) in [4.78, 5) is 36.3. The van der Waals surface area contributed by atoms with E-state index >= 15 is 0 Å². The molecule has 0 saturated heterocycles. The molecule has 1 aliphatic rings. The summed E-state index contributed by atoms with van der Waals surface area (Å²) in [6.45, 7) is 4.42. The first-order valence-corrected chi connectivity index (χ1v) is 9.93. The summed E-state index contributed by atoms with van der Waals surface area (Å²) in [7, 11) is -3.98. The fourth-order valence-electron chi connectivity index (χ4n) is 2.84. The molecule has 0 aliphatic carbocycles. The number of benzene rings is 1. The van der Waals surface area contributed by atoms with Gasteiger partial charge in [0.1, 0.15) is 5.84 Å². The van der Waals surface area contributed by atoms with Crippen molar-refractivity contribution in [2.24, 2.45) is 10.7 Å². The molecule has 1 aromatic carbocycles. The fraction of sp³-hybridized carbons (Fsp3) is 0.500. The summed E-state index contributed by atoms with van der Waals surface area (Å²) in [5.41, 5.74) is 7.03. The van der Waals surface area contributed by atoms with E-state index in [1.807, 2.05) is 38.1 Å². The minimum absolute atomic E-state index is 0.176. The lowest BCUT2D eigenvalue weighted by Crippen LogP contribution is -2.52. The molecular weight excluding hydrogens is 343 g/mol. The normalized spacial score (nSPS) is 16.6. The van der Waals surface area contributed by atoms with Crippen LogP contribution in [0.3, 0.4) is 0 Å². The number of fused-ring (bicyclic) bond motifs is 1. The van der Waals surface area contributed by atoms with Gasteiger partial charge in [0.05, 0.1) is 17.8 Å². The molecular formula is C16H25N4O4P. The quantitative estimate of drug-likeness (QED) is 0.466. The Labute approximate surface area is 147 Å². The van der Waals surface area contributed by atoms with E-state index in [4.69, 9.17) is 15.5 Å². The third-order valence-electron chi connectivity index (χ3n) is 4.22. The maximum atomic E-state index is 12.6. The van der Waals surface area contributed by atoms with Crippen LogP contribution < -0.4 is 11.1 Å². The lowest BCUT2D eigenvalue weighted by Gasteiger charge is -2.37. The molecule has 0 fully saturated rings.